The van der Waals surface area contributed by atoms with Gasteiger partial charge in [-0.05, 0) is 44.9 Å². The summed E-state index contributed by atoms with van der Waals surface area (Å²) in [6, 6.07) is 0. The third-order valence-corrected chi connectivity index (χ3v) is 9.30. The van der Waals surface area contributed by atoms with E-state index in [4.69, 9.17) is 18.5 Å². The zero-order chi connectivity index (χ0) is 40.9. The first-order chi connectivity index (χ1) is 26.4. The fourth-order valence-corrected chi connectivity index (χ4v) is 5.79. The molecule has 3 unspecified atom stereocenters. The predicted molar refractivity (Wildman–Crippen MR) is 223 cm³/mol. The van der Waals surface area contributed by atoms with Gasteiger partial charge in [-0.2, -0.15) is 0 Å². The number of aliphatic hydroxyl groups is 1. The van der Waals surface area contributed by atoms with Crippen molar-refractivity contribution in [1.82, 2.24) is 0 Å². The van der Waals surface area contributed by atoms with Gasteiger partial charge in [-0.15, -0.1) is 0 Å². The SMILES string of the molecule is CC/C=C\C/C=C\C/C=C\C=C\C(O)C/C=C\C/C=C\CCC(=O)OC(COC(=O)CCCCCCCCCCCCC)COP(=O)([O-])OCC[N+](C)(C)C. The third-order valence-electron chi connectivity index (χ3n) is 8.33. The van der Waals surface area contributed by atoms with E-state index in [1.54, 1.807) is 6.08 Å². The Labute approximate surface area is 334 Å². The Morgan fingerprint density at radius 3 is 1.91 bits per heavy atom. The fraction of sp³-hybridized carbons (Fsp3) is 0.682. The number of unbranched alkanes of at least 4 members (excludes halogenated alkanes) is 10. The number of hydrogen-bond acceptors (Lipinski definition) is 9. The molecule has 0 aromatic rings. The van der Waals surface area contributed by atoms with Crippen molar-refractivity contribution in [3.63, 3.8) is 0 Å². The maximum atomic E-state index is 12.6. The van der Waals surface area contributed by atoms with Crippen molar-refractivity contribution in [2.75, 3.05) is 47.5 Å². The Morgan fingerprint density at radius 1 is 0.691 bits per heavy atom. The van der Waals surface area contributed by atoms with Crippen LogP contribution >= 0.6 is 7.82 Å². The third kappa shape index (κ3) is 39.4. The molecule has 0 heterocycles. The van der Waals surface area contributed by atoms with Crippen molar-refractivity contribution in [2.24, 2.45) is 0 Å². The number of likely N-dealkylation sites (N-methyl/N-ethyl adjacent to an activating group) is 1. The van der Waals surface area contributed by atoms with Crippen LogP contribution in [-0.2, 0) is 32.7 Å². The summed E-state index contributed by atoms with van der Waals surface area (Å²) in [6.07, 6.45) is 39.7. The standard InChI is InChI=1S/C44H76NO9P/c1-6-8-10-12-14-16-18-20-22-27-31-35-43(47)51-39-42(40-53-55(49,50)52-38-37-45(3,4)5)54-44(48)36-32-28-24-23-26-30-34-41(46)33-29-25-21-19-17-15-13-11-9-7-2/h9,11,15,17,21,24-26,28-30,33,41-42,46H,6-8,10,12-14,16,18-20,22-23,27,31-32,34-40H2,1-5H3/b11-9-,17-15-,25-21-,28-24-,30-26-,33-29+. The summed E-state index contributed by atoms with van der Waals surface area (Å²) in [7, 11) is 1.06. The number of nitrogens with zero attached hydrogens (tertiary/aromatic N) is 1. The molecule has 316 valence electrons. The molecule has 1 N–H and O–H groups in total. The van der Waals surface area contributed by atoms with E-state index in [0.717, 1.165) is 38.5 Å². The van der Waals surface area contributed by atoms with Crippen LogP contribution in [0.3, 0.4) is 0 Å². The lowest BCUT2D eigenvalue weighted by Crippen LogP contribution is -2.37. The van der Waals surface area contributed by atoms with Crippen molar-refractivity contribution in [2.45, 2.75) is 148 Å². The largest absolute Gasteiger partial charge is 0.756 e. The van der Waals surface area contributed by atoms with Crippen LogP contribution in [0.5, 0.6) is 0 Å². The first-order valence-corrected chi connectivity index (χ1v) is 22.2. The van der Waals surface area contributed by atoms with Crippen LogP contribution < -0.4 is 4.89 Å². The van der Waals surface area contributed by atoms with Gasteiger partial charge in [-0.3, -0.25) is 14.2 Å². The number of ether oxygens (including phenoxy) is 2. The van der Waals surface area contributed by atoms with Crippen molar-refractivity contribution in [1.29, 1.82) is 0 Å². The number of hydrogen-bond donors (Lipinski definition) is 1. The molecular formula is C44H76NO9P. The normalized spacial score (nSPS) is 15.0. The molecule has 3 atom stereocenters. The van der Waals surface area contributed by atoms with Gasteiger partial charge in [0, 0.05) is 12.8 Å². The average Bonchev–Trinajstić information content (AvgIpc) is 3.13. The van der Waals surface area contributed by atoms with Crippen molar-refractivity contribution in [3.8, 4) is 0 Å². The lowest BCUT2D eigenvalue weighted by molar-refractivity contribution is -0.870. The highest BCUT2D eigenvalue weighted by Gasteiger charge is 2.21. The summed E-state index contributed by atoms with van der Waals surface area (Å²) in [5.74, 6) is -0.988. The van der Waals surface area contributed by atoms with Crippen LogP contribution in [0.15, 0.2) is 72.9 Å². The molecule has 0 fully saturated rings. The molecular weight excluding hydrogens is 717 g/mol. The molecule has 0 aliphatic heterocycles. The van der Waals surface area contributed by atoms with Crippen LogP contribution in [0.4, 0.5) is 0 Å². The number of carbonyl (C=O) groups excluding carboxylic acids is 2. The van der Waals surface area contributed by atoms with E-state index in [0.29, 0.717) is 36.7 Å². The van der Waals surface area contributed by atoms with E-state index in [-0.39, 0.29) is 26.1 Å². The predicted octanol–water partition coefficient (Wildman–Crippen LogP) is 9.80. The maximum absolute atomic E-state index is 12.6. The van der Waals surface area contributed by atoms with E-state index >= 15 is 0 Å². The Bertz CT molecular complexity index is 1190. The monoisotopic (exact) mass is 794 g/mol. The molecule has 10 nitrogen and oxygen atoms in total. The fourth-order valence-electron chi connectivity index (χ4n) is 5.06. The van der Waals surface area contributed by atoms with E-state index in [9.17, 15) is 24.2 Å². The first kappa shape index (κ1) is 52.4. The summed E-state index contributed by atoms with van der Waals surface area (Å²) in [5.41, 5.74) is 0. The zero-order valence-electron chi connectivity index (χ0n) is 35.0. The summed E-state index contributed by atoms with van der Waals surface area (Å²) >= 11 is 0. The molecule has 0 aliphatic carbocycles. The molecule has 0 saturated carbocycles. The van der Waals surface area contributed by atoms with Gasteiger partial charge in [-0.1, -0.05) is 151 Å². The molecule has 0 amide bonds. The molecule has 0 aliphatic rings. The van der Waals surface area contributed by atoms with Crippen LogP contribution in [0, 0.1) is 0 Å². The van der Waals surface area contributed by atoms with Crippen LogP contribution in [0.25, 0.3) is 0 Å². The Hall–Kier alpha value is -2.59. The number of carbonyl (C=O) groups is 2. The number of esters is 2. The van der Waals surface area contributed by atoms with Gasteiger partial charge < -0.3 is 33.0 Å². The summed E-state index contributed by atoms with van der Waals surface area (Å²) < 4.78 is 33.6. The minimum Gasteiger partial charge on any atom is -0.756 e. The first-order valence-electron chi connectivity index (χ1n) is 20.8. The Morgan fingerprint density at radius 2 is 1.27 bits per heavy atom. The number of allylic oxidation sites excluding steroid dienone is 10. The smallest absolute Gasteiger partial charge is 0.306 e. The Balaban J connectivity index is 4.62. The molecule has 0 aromatic heterocycles. The number of phosphoric ester groups is 1. The van der Waals surface area contributed by atoms with E-state index in [1.165, 1.54) is 44.9 Å². The minimum atomic E-state index is -4.66. The second-order valence-corrected chi connectivity index (χ2v) is 16.2. The van der Waals surface area contributed by atoms with Gasteiger partial charge in [0.25, 0.3) is 7.82 Å². The molecule has 0 rings (SSSR count). The number of phosphoric acid groups is 1. The highest BCUT2D eigenvalue weighted by Crippen LogP contribution is 2.38. The van der Waals surface area contributed by atoms with E-state index in [1.807, 2.05) is 63.7 Å². The second kappa shape index (κ2) is 35.8. The van der Waals surface area contributed by atoms with Gasteiger partial charge in [-0.25, -0.2) is 0 Å². The van der Waals surface area contributed by atoms with Crippen molar-refractivity contribution >= 4 is 19.8 Å². The zero-order valence-corrected chi connectivity index (χ0v) is 35.8. The number of rotatable bonds is 36. The van der Waals surface area contributed by atoms with E-state index < -0.39 is 38.6 Å². The molecule has 0 aromatic carbocycles. The van der Waals surface area contributed by atoms with Crippen LogP contribution in [0.2, 0.25) is 0 Å². The highest BCUT2D eigenvalue weighted by molar-refractivity contribution is 7.45. The highest BCUT2D eigenvalue weighted by atomic mass is 31.2. The number of quaternary nitrogens is 1. The summed E-state index contributed by atoms with van der Waals surface area (Å²) in [5, 5.41) is 10.1. The topological polar surface area (TPSA) is 131 Å². The van der Waals surface area contributed by atoms with Gasteiger partial charge >= 0.3 is 11.9 Å². The molecule has 55 heavy (non-hydrogen) atoms. The van der Waals surface area contributed by atoms with Crippen molar-refractivity contribution < 1.29 is 47.2 Å². The van der Waals surface area contributed by atoms with Crippen LogP contribution in [-0.4, -0.2) is 81.2 Å². The van der Waals surface area contributed by atoms with Gasteiger partial charge in [0.1, 0.15) is 19.8 Å². The summed E-state index contributed by atoms with van der Waals surface area (Å²) in [6.45, 7) is 3.90. The summed E-state index contributed by atoms with van der Waals surface area (Å²) in [4.78, 5) is 37.4. The van der Waals surface area contributed by atoms with Gasteiger partial charge in [0.15, 0.2) is 6.10 Å². The lowest BCUT2D eigenvalue weighted by Gasteiger charge is -2.28. The maximum Gasteiger partial charge on any atom is 0.306 e. The quantitative estimate of drug-likeness (QED) is 0.0165. The van der Waals surface area contributed by atoms with E-state index in [2.05, 4.69) is 38.2 Å². The minimum absolute atomic E-state index is 0.0567. The van der Waals surface area contributed by atoms with Gasteiger partial charge in [0.2, 0.25) is 0 Å². The number of aliphatic hydroxyl groups excluding tert-OH is 1. The average molecular weight is 794 g/mol. The molecule has 0 bridgehead atoms. The molecule has 0 saturated heterocycles. The van der Waals surface area contributed by atoms with Crippen molar-refractivity contribution in [3.05, 3.63) is 72.9 Å². The second-order valence-electron chi connectivity index (χ2n) is 14.8. The molecule has 0 spiro atoms. The van der Waals surface area contributed by atoms with Crippen LogP contribution in [0.1, 0.15) is 136 Å². The Kier molecular flexibility index (Phi) is 34.1. The molecule has 0 radical (unpaired) electrons. The van der Waals surface area contributed by atoms with Gasteiger partial charge in [0.05, 0.1) is 33.9 Å². The lowest BCUT2D eigenvalue weighted by atomic mass is 10.1. The molecule has 11 heteroatoms.